The van der Waals surface area contributed by atoms with Crippen LogP contribution in [-0.2, 0) is 10.0 Å². The molecule has 0 aromatic heterocycles. The summed E-state index contributed by atoms with van der Waals surface area (Å²) in [5, 5.41) is 0. The normalized spacial score (nSPS) is 15.2. The van der Waals surface area contributed by atoms with Gasteiger partial charge in [-0.2, -0.15) is 4.31 Å². The van der Waals surface area contributed by atoms with Crippen LogP contribution in [0.2, 0.25) is 0 Å². The van der Waals surface area contributed by atoms with E-state index in [1.807, 2.05) is 42.5 Å². The fourth-order valence-corrected chi connectivity index (χ4v) is 5.44. The molecule has 8 heteroatoms. The Morgan fingerprint density at radius 2 is 1.64 bits per heavy atom. The second-order valence-electron chi connectivity index (χ2n) is 7.77. The molecule has 0 bridgehead atoms. The second kappa shape index (κ2) is 9.80. The molecule has 1 heterocycles. The highest BCUT2D eigenvalue weighted by atomic mass is 32.2. The van der Waals surface area contributed by atoms with Crippen LogP contribution >= 0.6 is 0 Å². The van der Waals surface area contributed by atoms with Gasteiger partial charge >= 0.3 is 0 Å². The number of methoxy groups -OCH3 is 2. The zero-order valence-electron chi connectivity index (χ0n) is 18.5. The lowest BCUT2D eigenvalue weighted by atomic mass is 10.0. The van der Waals surface area contributed by atoms with E-state index in [-0.39, 0.29) is 11.0 Å². The first-order valence-corrected chi connectivity index (χ1v) is 12.1. The molecule has 3 aromatic rings. The summed E-state index contributed by atoms with van der Waals surface area (Å²) in [5.74, 6) is 1.58. The molecule has 1 fully saturated rings. The van der Waals surface area contributed by atoms with Gasteiger partial charge in [-0.25, -0.2) is 12.8 Å². The van der Waals surface area contributed by atoms with Gasteiger partial charge in [0.25, 0.3) is 0 Å². The highest BCUT2D eigenvalue weighted by Crippen LogP contribution is 2.35. The van der Waals surface area contributed by atoms with Crippen LogP contribution in [0.15, 0.2) is 71.6 Å². The molecule has 1 aliphatic heterocycles. The highest BCUT2D eigenvalue weighted by molar-refractivity contribution is 7.89. The molecule has 3 aromatic carbocycles. The molecule has 0 unspecified atom stereocenters. The Balaban J connectivity index is 1.45. The zero-order chi connectivity index (χ0) is 23.4. The van der Waals surface area contributed by atoms with Crippen molar-refractivity contribution in [2.75, 3.05) is 27.3 Å². The van der Waals surface area contributed by atoms with E-state index in [1.54, 1.807) is 14.2 Å². The topological polar surface area (TPSA) is 65.1 Å². The van der Waals surface area contributed by atoms with Gasteiger partial charge in [-0.15, -0.1) is 0 Å². The lowest BCUT2D eigenvalue weighted by Gasteiger charge is -2.31. The van der Waals surface area contributed by atoms with Crippen LogP contribution in [0.3, 0.4) is 0 Å². The third-order valence-corrected chi connectivity index (χ3v) is 7.58. The number of halogens is 1. The number of ether oxygens (including phenoxy) is 3. The smallest absolute Gasteiger partial charge is 0.243 e. The molecule has 0 spiro atoms. The predicted molar refractivity (Wildman–Crippen MR) is 124 cm³/mol. The molecule has 0 amide bonds. The summed E-state index contributed by atoms with van der Waals surface area (Å²) >= 11 is 0. The van der Waals surface area contributed by atoms with Crippen molar-refractivity contribution in [2.45, 2.75) is 23.8 Å². The molecule has 1 saturated heterocycles. The van der Waals surface area contributed by atoms with Gasteiger partial charge in [0.1, 0.15) is 29.2 Å². The Hall–Kier alpha value is -3.10. The fraction of sp³-hybridized carbons (Fsp3) is 0.280. The Kier molecular flexibility index (Phi) is 6.85. The second-order valence-corrected chi connectivity index (χ2v) is 9.71. The maximum atomic E-state index is 13.5. The van der Waals surface area contributed by atoms with Crippen LogP contribution in [0.5, 0.6) is 17.2 Å². The van der Waals surface area contributed by atoms with E-state index < -0.39 is 15.8 Å². The molecule has 0 radical (unpaired) electrons. The van der Waals surface area contributed by atoms with E-state index in [0.29, 0.717) is 31.7 Å². The summed E-state index contributed by atoms with van der Waals surface area (Å²) in [7, 11) is -0.486. The number of hydrogen-bond acceptors (Lipinski definition) is 5. The lowest BCUT2D eigenvalue weighted by Crippen LogP contribution is -2.41. The number of benzene rings is 3. The third-order valence-electron chi connectivity index (χ3n) is 5.69. The predicted octanol–water partition coefficient (Wildman–Crippen LogP) is 4.74. The van der Waals surface area contributed by atoms with Crippen molar-refractivity contribution in [1.29, 1.82) is 0 Å². The third kappa shape index (κ3) is 5.12. The van der Waals surface area contributed by atoms with E-state index in [0.717, 1.165) is 28.7 Å². The standard InChI is InChI=1S/C25H26FNO5S/c1-30-21-9-10-25(31-2)24(17-21)18-5-3-7-22(15-18)32-20-11-13-27(14-12-20)33(28,29)23-8-4-6-19(26)16-23/h3-10,15-17,20H,11-14H2,1-2H3. The number of piperidine rings is 1. The van der Waals surface area contributed by atoms with Gasteiger partial charge < -0.3 is 14.2 Å². The largest absolute Gasteiger partial charge is 0.497 e. The van der Waals surface area contributed by atoms with E-state index in [4.69, 9.17) is 14.2 Å². The van der Waals surface area contributed by atoms with Crippen molar-refractivity contribution in [2.24, 2.45) is 0 Å². The van der Waals surface area contributed by atoms with Gasteiger partial charge in [0.15, 0.2) is 0 Å². The summed E-state index contributed by atoms with van der Waals surface area (Å²) in [6, 6.07) is 18.4. The first kappa shape index (κ1) is 23.1. The number of nitrogens with zero attached hydrogens (tertiary/aromatic N) is 1. The van der Waals surface area contributed by atoms with E-state index in [9.17, 15) is 12.8 Å². The molecule has 4 rings (SSSR count). The first-order valence-electron chi connectivity index (χ1n) is 10.7. The Morgan fingerprint density at radius 1 is 0.879 bits per heavy atom. The van der Waals surface area contributed by atoms with Crippen molar-refractivity contribution in [1.82, 2.24) is 4.31 Å². The van der Waals surface area contributed by atoms with Crippen molar-refractivity contribution >= 4 is 10.0 Å². The van der Waals surface area contributed by atoms with Crippen LogP contribution in [0, 0.1) is 5.82 Å². The molecule has 6 nitrogen and oxygen atoms in total. The lowest BCUT2D eigenvalue weighted by molar-refractivity contribution is 0.135. The molecule has 0 atom stereocenters. The summed E-state index contributed by atoms with van der Waals surface area (Å²) < 4.78 is 57.5. The first-order chi connectivity index (χ1) is 15.9. The summed E-state index contributed by atoms with van der Waals surface area (Å²) in [6.07, 6.45) is 0.967. The van der Waals surface area contributed by atoms with Crippen LogP contribution in [0.1, 0.15) is 12.8 Å². The minimum Gasteiger partial charge on any atom is -0.497 e. The molecule has 33 heavy (non-hydrogen) atoms. The molecule has 174 valence electrons. The zero-order valence-corrected chi connectivity index (χ0v) is 19.3. The quantitative estimate of drug-likeness (QED) is 0.498. The van der Waals surface area contributed by atoms with Gasteiger partial charge in [-0.05, 0) is 66.9 Å². The Morgan fingerprint density at radius 3 is 2.33 bits per heavy atom. The molecule has 0 saturated carbocycles. The minimum atomic E-state index is -3.73. The highest BCUT2D eigenvalue weighted by Gasteiger charge is 2.30. The average Bonchev–Trinajstić information content (AvgIpc) is 2.84. The number of hydrogen-bond donors (Lipinski definition) is 0. The van der Waals surface area contributed by atoms with Crippen molar-refractivity contribution in [3.8, 4) is 28.4 Å². The van der Waals surface area contributed by atoms with Gasteiger partial charge in [0, 0.05) is 18.7 Å². The van der Waals surface area contributed by atoms with Gasteiger partial charge in [0.2, 0.25) is 10.0 Å². The van der Waals surface area contributed by atoms with Crippen molar-refractivity contribution < 1.29 is 27.0 Å². The van der Waals surface area contributed by atoms with Crippen LogP contribution in [0.25, 0.3) is 11.1 Å². The maximum Gasteiger partial charge on any atom is 0.243 e. The molecular weight excluding hydrogens is 445 g/mol. The summed E-state index contributed by atoms with van der Waals surface area (Å²) in [6.45, 7) is 0.625. The van der Waals surface area contributed by atoms with Crippen molar-refractivity contribution in [3.05, 3.63) is 72.5 Å². The van der Waals surface area contributed by atoms with E-state index in [1.165, 1.54) is 22.5 Å². The molecular formula is C25H26FNO5S. The van der Waals surface area contributed by atoms with Gasteiger partial charge in [-0.1, -0.05) is 18.2 Å². The monoisotopic (exact) mass is 471 g/mol. The van der Waals surface area contributed by atoms with Crippen molar-refractivity contribution in [3.63, 3.8) is 0 Å². The Labute approximate surface area is 193 Å². The van der Waals surface area contributed by atoms with Crippen LogP contribution < -0.4 is 14.2 Å². The Bertz CT molecular complexity index is 1220. The van der Waals surface area contributed by atoms with E-state index >= 15 is 0 Å². The number of sulfonamides is 1. The minimum absolute atomic E-state index is 0.0261. The van der Waals surface area contributed by atoms with Crippen LogP contribution in [-0.4, -0.2) is 46.1 Å². The van der Waals surface area contributed by atoms with Gasteiger partial charge in [-0.3, -0.25) is 0 Å². The SMILES string of the molecule is COc1ccc(OC)c(-c2cccc(OC3CCN(S(=O)(=O)c4cccc(F)c4)CC3)c2)c1. The molecule has 0 N–H and O–H groups in total. The molecule has 0 aliphatic carbocycles. The van der Waals surface area contributed by atoms with E-state index in [2.05, 4.69) is 0 Å². The van der Waals surface area contributed by atoms with Gasteiger partial charge in [0.05, 0.1) is 19.1 Å². The molecule has 1 aliphatic rings. The average molecular weight is 472 g/mol. The maximum absolute atomic E-state index is 13.5. The summed E-state index contributed by atoms with van der Waals surface area (Å²) in [5.41, 5.74) is 1.81. The van der Waals surface area contributed by atoms with Crippen LogP contribution in [0.4, 0.5) is 4.39 Å². The summed E-state index contributed by atoms with van der Waals surface area (Å²) in [4.78, 5) is -0.0261. The fourth-order valence-electron chi connectivity index (χ4n) is 3.94. The number of rotatable bonds is 7.